The summed E-state index contributed by atoms with van der Waals surface area (Å²) >= 11 is 0. The van der Waals surface area contributed by atoms with Crippen molar-refractivity contribution < 1.29 is 14.0 Å². The molecule has 1 aliphatic rings. The van der Waals surface area contributed by atoms with Crippen molar-refractivity contribution >= 4 is 11.8 Å². The van der Waals surface area contributed by atoms with Crippen molar-refractivity contribution in [3.8, 4) is 0 Å². The lowest BCUT2D eigenvalue weighted by Crippen LogP contribution is -2.50. The highest BCUT2D eigenvalue weighted by Gasteiger charge is 2.24. The number of aryl methyl sites for hydroxylation is 1. The number of nitrogens with two attached hydrogens (primary N) is 1. The van der Waals surface area contributed by atoms with Crippen LogP contribution in [0, 0.1) is 11.7 Å². The number of likely N-dealkylation sites (tertiary alicyclic amines) is 1. The molecule has 0 aliphatic carbocycles. The van der Waals surface area contributed by atoms with E-state index in [1.54, 1.807) is 18.2 Å². The molecule has 0 radical (unpaired) electrons. The van der Waals surface area contributed by atoms with E-state index in [1.165, 1.54) is 6.07 Å². The first-order valence-electron chi connectivity index (χ1n) is 8.50. The first kappa shape index (κ1) is 18.4. The minimum absolute atomic E-state index is 0.0164. The Labute approximate surface area is 142 Å². The minimum Gasteiger partial charge on any atom is -0.369 e. The van der Waals surface area contributed by atoms with Gasteiger partial charge in [-0.25, -0.2) is 4.39 Å². The van der Waals surface area contributed by atoms with E-state index in [2.05, 4.69) is 5.32 Å². The number of carbonyl (C=O) groups is 2. The fourth-order valence-electron chi connectivity index (χ4n) is 3.09. The molecule has 2 unspecified atom stereocenters. The smallest absolute Gasteiger partial charge is 0.231 e. The molecule has 1 aromatic rings. The fourth-order valence-corrected chi connectivity index (χ4v) is 3.09. The molecule has 2 atom stereocenters. The first-order valence-corrected chi connectivity index (χ1v) is 8.50. The normalized spacial score (nSPS) is 19.7. The molecular formula is C18H26FN3O2. The Kier molecular flexibility index (Phi) is 6.73. The molecule has 0 saturated carbocycles. The second kappa shape index (κ2) is 8.78. The summed E-state index contributed by atoms with van der Waals surface area (Å²) in [5, 5.41) is 3.05. The highest BCUT2D eigenvalue weighted by atomic mass is 19.1. The van der Waals surface area contributed by atoms with E-state index in [1.807, 2.05) is 11.8 Å². The molecule has 1 fully saturated rings. The number of amides is 2. The van der Waals surface area contributed by atoms with E-state index in [9.17, 15) is 14.0 Å². The summed E-state index contributed by atoms with van der Waals surface area (Å²) in [5.74, 6) is -0.770. The van der Waals surface area contributed by atoms with Gasteiger partial charge in [-0.05, 0) is 43.9 Å². The zero-order valence-corrected chi connectivity index (χ0v) is 14.1. The van der Waals surface area contributed by atoms with Crippen LogP contribution in [0.3, 0.4) is 0 Å². The van der Waals surface area contributed by atoms with E-state index in [-0.39, 0.29) is 36.1 Å². The topological polar surface area (TPSA) is 75.4 Å². The molecule has 3 N–H and O–H groups in total. The van der Waals surface area contributed by atoms with E-state index >= 15 is 0 Å². The SMILES string of the molecule is CC(CCc1ccccc1F)C(=O)NC1CCCN(CC(N)=O)C1. The van der Waals surface area contributed by atoms with Crippen LogP contribution in [0.1, 0.15) is 31.7 Å². The van der Waals surface area contributed by atoms with Gasteiger partial charge in [0.1, 0.15) is 5.82 Å². The van der Waals surface area contributed by atoms with Crippen molar-refractivity contribution in [2.24, 2.45) is 11.7 Å². The number of carbonyl (C=O) groups excluding carboxylic acids is 2. The summed E-state index contributed by atoms with van der Waals surface area (Å²) in [4.78, 5) is 25.3. The summed E-state index contributed by atoms with van der Waals surface area (Å²) in [6.45, 7) is 3.57. The highest BCUT2D eigenvalue weighted by Crippen LogP contribution is 2.15. The number of piperidine rings is 1. The van der Waals surface area contributed by atoms with Crippen LogP contribution in [-0.4, -0.2) is 42.4 Å². The number of nitrogens with one attached hydrogen (secondary N) is 1. The van der Waals surface area contributed by atoms with Crippen LogP contribution < -0.4 is 11.1 Å². The summed E-state index contributed by atoms with van der Waals surface area (Å²) < 4.78 is 13.6. The van der Waals surface area contributed by atoms with Gasteiger partial charge in [0.15, 0.2) is 0 Å². The Balaban J connectivity index is 1.78. The van der Waals surface area contributed by atoms with Crippen molar-refractivity contribution in [3.63, 3.8) is 0 Å². The average molecular weight is 335 g/mol. The maximum atomic E-state index is 13.6. The summed E-state index contributed by atoms with van der Waals surface area (Å²) in [6, 6.07) is 6.70. The van der Waals surface area contributed by atoms with E-state index in [0.29, 0.717) is 24.9 Å². The van der Waals surface area contributed by atoms with Crippen molar-refractivity contribution in [1.82, 2.24) is 10.2 Å². The second-order valence-electron chi connectivity index (χ2n) is 6.58. The zero-order valence-electron chi connectivity index (χ0n) is 14.1. The number of rotatable bonds is 7. The predicted molar refractivity (Wildman–Crippen MR) is 90.7 cm³/mol. The van der Waals surface area contributed by atoms with Crippen LogP contribution in [0.2, 0.25) is 0 Å². The predicted octanol–water partition coefficient (Wildman–Crippen LogP) is 1.46. The van der Waals surface area contributed by atoms with Gasteiger partial charge in [-0.3, -0.25) is 14.5 Å². The molecule has 2 amide bonds. The Morgan fingerprint density at radius 1 is 1.42 bits per heavy atom. The van der Waals surface area contributed by atoms with Crippen LogP contribution in [0.5, 0.6) is 0 Å². The maximum Gasteiger partial charge on any atom is 0.231 e. The van der Waals surface area contributed by atoms with Gasteiger partial charge in [-0.1, -0.05) is 25.1 Å². The van der Waals surface area contributed by atoms with Crippen LogP contribution in [0.25, 0.3) is 0 Å². The standard InChI is InChI=1S/C18H26FN3O2/c1-13(8-9-14-5-2-3-7-16(14)19)18(24)21-15-6-4-10-22(11-15)12-17(20)23/h2-3,5,7,13,15H,4,6,8-12H2,1H3,(H2,20,23)(H,21,24). The lowest BCUT2D eigenvalue weighted by Gasteiger charge is -2.32. The molecule has 1 saturated heterocycles. The third kappa shape index (κ3) is 5.60. The molecule has 0 bridgehead atoms. The largest absolute Gasteiger partial charge is 0.369 e. The minimum atomic E-state index is -0.347. The quantitative estimate of drug-likeness (QED) is 0.792. The number of hydrogen-bond donors (Lipinski definition) is 2. The lowest BCUT2D eigenvalue weighted by molar-refractivity contribution is -0.125. The monoisotopic (exact) mass is 335 g/mol. The number of primary amides is 1. The van der Waals surface area contributed by atoms with Gasteiger partial charge < -0.3 is 11.1 Å². The first-order chi connectivity index (χ1) is 11.5. The zero-order chi connectivity index (χ0) is 17.5. The van der Waals surface area contributed by atoms with Crippen LogP contribution >= 0.6 is 0 Å². The molecule has 0 aromatic heterocycles. The third-order valence-electron chi connectivity index (χ3n) is 4.48. The van der Waals surface area contributed by atoms with E-state index < -0.39 is 0 Å². The summed E-state index contributed by atoms with van der Waals surface area (Å²) in [6.07, 6.45) is 2.98. The van der Waals surface area contributed by atoms with Crippen molar-refractivity contribution in [1.29, 1.82) is 0 Å². The highest BCUT2D eigenvalue weighted by molar-refractivity contribution is 5.78. The Bertz CT molecular complexity index is 579. The van der Waals surface area contributed by atoms with Crippen molar-refractivity contribution in [3.05, 3.63) is 35.6 Å². The maximum absolute atomic E-state index is 13.6. The Hall–Kier alpha value is -1.95. The van der Waals surface area contributed by atoms with E-state index in [0.717, 1.165) is 19.4 Å². The number of nitrogens with zero attached hydrogens (tertiary/aromatic N) is 1. The Morgan fingerprint density at radius 2 is 2.17 bits per heavy atom. The Morgan fingerprint density at radius 3 is 2.88 bits per heavy atom. The number of halogens is 1. The average Bonchev–Trinajstić information content (AvgIpc) is 2.53. The van der Waals surface area contributed by atoms with Crippen LogP contribution in [0.15, 0.2) is 24.3 Å². The summed E-state index contributed by atoms with van der Waals surface area (Å²) in [7, 11) is 0. The van der Waals surface area contributed by atoms with Gasteiger partial charge >= 0.3 is 0 Å². The van der Waals surface area contributed by atoms with Gasteiger partial charge in [0, 0.05) is 18.5 Å². The van der Waals surface area contributed by atoms with Gasteiger partial charge in [-0.2, -0.15) is 0 Å². The molecule has 132 valence electrons. The fraction of sp³-hybridized carbons (Fsp3) is 0.556. The van der Waals surface area contributed by atoms with Crippen molar-refractivity contribution in [2.45, 2.75) is 38.6 Å². The summed E-state index contributed by atoms with van der Waals surface area (Å²) in [5.41, 5.74) is 5.87. The molecule has 2 rings (SSSR count). The van der Waals surface area contributed by atoms with E-state index in [4.69, 9.17) is 5.73 Å². The number of benzene rings is 1. The third-order valence-corrected chi connectivity index (χ3v) is 4.48. The molecule has 1 heterocycles. The molecule has 6 heteroatoms. The number of hydrogen-bond acceptors (Lipinski definition) is 3. The van der Waals surface area contributed by atoms with Crippen LogP contribution in [0.4, 0.5) is 4.39 Å². The lowest BCUT2D eigenvalue weighted by atomic mass is 9.98. The molecule has 0 spiro atoms. The molecular weight excluding hydrogens is 309 g/mol. The molecule has 24 heavy (non-hydrogen) atoms. The van der Waals surface area contributed by atoms with Gasteiger partial charge in [0.25, 0.3) is 0 Å². The molecule has 1 aromatic carbocycles. The van der Waals surface area contributed by atoms with Gasteiger partial charge in [0.2, 0.25) is 11.8 Å². The van der Waals surface area contributed by atoms with Crippen molar-refractivity contribution in [2.75, 3.05) is 19.6 Å². The second-order valence-corrected chi connectivity index (χ2v) is 6.58. The van der Waals surface area contributed by atoms with Gasteiger partial charge in [-0.15, -0.1) is 0 Å². The molecule has 1 aliphatic heterocycles. The van der Waals surface area contributed by atoms with Crippen LogP contribution in [-0.2, 0) is 16.0 Å². The van der Waals surface area contributed by atoms with Gasteiger partial charge in [0.05, 0.1) is 6.54 Å². The molecule has 5 nitrogen and oxygen atoms in total.